The third-order valence-electron chi connectivity index (χ3n) is 3.98. The van der Waals surface area contributed by atoms with Crippen LogP contribution in [0.1, 0.15) is 11.3 Å². The number of benzene rings is 1. The van der Waals surface area contributed by atoms with Crippen molar-refractivity contribution >= 4 is 17.6 Å². The molecular weight excluding hydrogens is 314 g/mol. The number of carbonyl (C=O) groups excluding carboxylic acids is 1. The molecule has 1 aliphatic rings. The maximum Gasteiger partial charge on any atom is 0.317 e. The van der Waals surface area contributed by atoms with Crippen LogP contribution in [0.15, 0.2) is 47.1 Å². The Balaban J connectivity index is 1.42. The van der Waals surface area contributed by atoms with Crippen LogP contribution in [-0.2, 0) is 13.1 Å². The Labute approximate surface area is 140 Å². The highest BCUT2D eigenvalue weighted by Crippen LogP contribution is 2.11. The molecule has 23 heavy (non-hydrogen) atoms. The molecule has 0 radical (unpaired) electrons. The highest BCUT2D eigenvalue weighted by Gasteiger charge is 2.21. The zero-order valence-corrected chi connectivity index (χ0v) is 13.6. The van der Waals surface area contributed by atoms with Gasteiger partial charge in [-0.05, 0) is 29.8 Å². The van der Waals surface area contributed by atoms with E-state index in [1.165, 1.54) is 0 Å². The molecule has 1 saturated heterocycles. The van der Waals surface area contributed by atoms with E-state index in [1.54, 1.807) is 6.26 Å². The second-order valence-corrected chi connectivity index (χ2v) is 6.06. The summed E-state index contributed by atoms with van der Waals surface area (Å²) in [5, 5.41) is 3.66. The number of rotatable bonds is 4. The van der Waals surface area contributed by atoms with Crippen LogP contribution in [0.5, 0.6) is 0 Å². The zero-order valence-electron chi connectivity index (χ0n) is 12.9. The van der Waals surface area contributed by atoms with E-state index >= 15 is 0 Å². The second-order valence-electron chi connectivity index (χ2n) is 5.63. The average Bonchev–Trinajstić information content (AvgIpc) is 3.08. The van der Waals surface area contributed by atoms with Gasteiger partial charge in [0.25, 0.3) is 0 Å². The van der Waals surface area contributed by atoms with Crippen molar-refractivity contribution in [2.24, 2.45) is 0 Å². The Bertz CT molecular complexity index is 620. The predicted octanol–water partition coefficient (Wildman–Crippen LogP) is 2.96. The van der Waals surface area contributed by atoms with Crippen LogP contribution < -0.4 is 5.32 Å². The standard InChI is InChI=1S/C17H20ClN3O2/c18-15-5-3-14(4-6-15)12-19-17(22)21-9-7-20(8-10-21)13-16-2-1-11-23-16/h1-6,11H,7-10,12-13H2,(H,19,22). The number of nitrogens with one attached hydrogen (secondary N) is 1. The molecule has 2 amide bonds. The Morgan fingerprint density at radius 1 is 1.13 bits per heavy atom. The number of urea groups is 1. The molecule has 0 spiro atoms. The van der Waals surface area contributed by atoms with E-state index < -0.39 is 0 Å². The molecule has 1 aromatic heterocycles. The van der Waals surface area contributed by atoms with Gasteiger partial charge < -0.3 is 14.6 Å². The van der Waals surface area contributed by atoms with Crippen LogP contribution in [0.25, 0.3) is 0 Å². The van der Waals surface area contributed by atoms with Crippen molar-refractivity contribution in [1.82, 2.24) is 15.1 Å². The van der Waals surface area contributed by atoms with E-state index in [1.807, 2.05) is 41.3 Å². The number of hydrogen-bond acceptors (Lipinski definition) is 3. The molecule has 3 rings (SSSR count). The van der Waals surface area contributed by atoms with Gasteiger partial charge in [0.15, 0.2) is 0 Å². The summed E-state index contributed by atoms with van der Waals surface area (Å²) in [5.74, 6) is 0.964. The van der Waals surface area contributed by atoms with Gasteiger partial charge >= 0.3 is 6.03 Å². The minimum atomic E-state index is -0.0161. The first kappa shape index (κ1) is 15.9. The van der Waals surface area contributed by atoms with Crippen LogP contribution in [0.4, 0.5) is 4.79 Å². The van der Waals surface area contributed by atoms with Gasteiger partial charge in [-0.25, -0.2) is 4.79 Å². The van der Waals surface area contributed by atoms with Crippen molar-refractivity contribution < 1.29 is 9.21 Å². The summed E-state index contributed by atoms with van der Waals surface area (Å²) in [5.41, 5.74) is 1.04. The maximum absolute atomic E-state index is 12.2. The average molecular weight is 334 g/mol. The smallest absolute Gasteiger partial charge is 0.317 e. The summed E-state index contributed by atoms with van der Waals surface area (Å²) in [6.45, 7) is 4.49. The topological polar surface area (TPSA) is 48.7 Å². The molecule has 1 N–H and O–H groups in total. The summed E-state index contributed by atoms with van der Waals surface area (Å²) in [6, 6.07) is 11.4. The van der Waals surface area contributed by atoms with E-state index in [0.717, 1.165) is 44.0 Å². The normalized spacial score (nSPS) is 15.6. The summed E-state index contributed by atoms with van der Waals surface area (Å²) >= 11 is 5.85. The molecule has 0 atom stereocenters. The van der Waals surface area contributed by atoms with E-state index in [9.17, 15) is 4.79 Å². The molecule has 1 aromatic carbocycles. The van der Waals surface area contributed by atoms with E-state index in [4.69, 9.17) is 16.0 Å². The molecule has 1 fully saturated rings. The third-order valence-corrected chi connectivity index (χ3v) is 4.23. The monoisotopic (exact) mass is 333 g/mol. The van der Waals surface area contributed by atoms with Gasteiger partial charge in [-0.2, -0.15) is 0 Å². The largest absolute Gasteiger partial charge is 0.468 e. The van der Waals surface area contributed by atoms with E-state index in [-0.39, 0.29) is 6.03 Å². The lowest BCUT2D eigenvalue weighted by Crippen LogP contribution is -2.51. The quantitative estimate of drug-likeness (QED) is 0.935. The molecule has 6 heteroatoms. The van der Waals surface area contributed by atoms with Gasteiger partial charge in [0.05, 0.1) is 12.8 Å². The Morgan fingerprint density at radius 3 is 2.52 bits per heavy atom. The molecule has 0 aliphatic carbocycles. The Kier molecular flexibility index (Phi) is 5.20. The Morgan fingerprint density at radius 2 is 1.87 bits per heavy atom. The Hall–Kier alpha value is -1.98. The fourth-order valence-electron chi connectivity index (χ4n) is 2.62. The zero-order chi connectivity index (χ0) is 16.1. The summed E-state index contributed by atoms with van der Waals surface area (Å²) < 4.78 is 5.36. The summed E-state index contributed by atoms with van der Waals surface area (Å²) in [6.07, 6.45) is 1.69. The minimum absolute atomic E-state index is 0.0161. The summed E-state index contributed by atoms with van der Waals surface area (Å²) in [4.78, 5) is 16.4. The first-order valence-electron chi connectivity index (χ1n) is 7.73. The maximum atomic E-state index is 12.2. The summed E-state index contributed by atoms with van der Waals surface area (Å²) in [7, 11) is 0. The number of halogens is 1. The number of piperazine rings is 1. The molecule has 0 unspecified atom stereocenters. The van der Waals surface area contributed by atoms with Crippen molar-refractivity contribution in [3.8, 4) is 0 Å². The van der Waals surface area contributed by atoms with Crippen LogP contribution in [0, 0.1) is 0 Å². The highest BCUT2D eigenvalue weighted by molar-refractivity contribution is 6.30. The molecule has 0 saturated carbocycles. The molecule has 0 bridgehead atoms. The molecule has 2 heterocycles. The van der Waals surface area contributed by atoms with Gasteiger partial charge in [0, 0.05) is 37.7 Å². The first-order chi connectivity index (χ1) is 11.2. The number of amides is 2. The number of furan rings is 1. The van der Waals surface area contributed by atoms with Gasteiger partial charge in [-0.3, -0.25) is 4.90 Å². The van der Waals surface area contributed by atoms with Gasteiger partial charge in [0.1, 0.15) is 5.76 Å². The lowest BCUT2D eigenvalue weighted by Gasteiger charge is -2.34. The number of carbonyl (C=O) groups is 1. The fourth-order valence-corrected chi connectivity index (χ4v) is 2.75. The minimum Gasteiger partial charge on any atom is -0.468 e. The van der Waals surface area contributed by atoms with Gasteiger partial charge in [-0.1, -0.05) is 23.7 Å². The van der Waals surface area contributed by atoms with Crippen molar-refractivity contribution in [2.75, 3.05) is 26.2 Å². The van der Waals surface area contributed by atoms with Crippen LogP contribution in [0.2, 0.25) is 5.02 Å². The van der Waals surface area contributed by atoms with Gasteiger partial charge in [0.2, 0.25) is 0 Å². The lowest BCUT2D eigenvalue weighted by atomic mass is 10.2. The number of nitrogens with zero attached hydrogens (tertiary/aromatic N) is 2. The lowest BCUT2D eigenvalue weighted by molar-refractivity contribution is 0.130. The first-order valence-corrected chi connectivity index (χ1v) is 8.10. The van der Waals surface area contributed by atoms with Crippen molar-refractivity contribution in [3.05, 3.63) is 59.0 Å². The van der Waals surface area contributed by atoms with Crippen molar-refractivity contribution in [1.29, 1.82) is 0 Å². The molecular formula is C17H20ClN3O2. The van der Waals surface area contributed by atoms with Crippen molar-refractivity contribution in [3.63, 3.8) is 0 Å². The van der Waals surface area contributed by atoms with Crippen molar-refractivity contribution in [2.45, 2.75) is 13.1 Å². The SMILES string of the molecule is O=C(NCc1ccc(Cl)cc1)N1CCN(Cc2ccco2)CC1. The van der Waals surface area contributed by atoms with Gasteiger partial charge in [-0.15, -0.1) is 0 Å². The van der Waals surface area contributed by atoms with E-state index in [0.29, 0.717) is 11.6 Å². The highest BCUT2D eigenvalue weighted by atomic mass is 35.5. The molecule has 122 valence electrons. The fraction of sp³-hybridized carbons (Fsp3) is 0.353. The van der Waals surface area contributed by atoms with Crippen LogP contribution >= 0.6 is 11.6 Å². The van der Waals surface area contributed by atoms with Crippen LogP contribution in [-0.4, -0.2) is 42.0 Å². The third kappa shape index (κ3) is 4.50. The molecule has 5 nitrogen and oxygen atoms in total. The van der Waals surface area contributed by atoms with E-state index in [2.05, 4.69) is 10.2 Å². The molecule has 2 aromatic rings. The van der Waals surface area contributed by atoms with Crippen LogP contribution in [0.3, 0.4) is 0 Å². The molecule has 1 aliphatic heterocycles. The predicted molar refractivity (Wildman–Crippen MR) is 89.2 cm³/mol. The number of hydrogen-bond donors (Lipinski definition) is 1. The second kappa shape index (κ2) is 7.53.